The molecule has 0 aliphatic rings. The summed E-state index contributed by atoms with van der Waals surface area (Å²) in [7, 11) is 0. The predicted molar refractivity (Wildman–Crippen MR) is 54.5 cm³/mol. The van der Waals surface area contributed by atoms with Crippen molar-refractivity contribution in [3.63, 3.8) is 0 Å². The largest absolute Gasteiger partial charge is 1.00 e. The Bertz CT molecular complexity index is 360. The number of allylic oxidation sites excluding steroid dienone is 1. The SMILES string of the molecule is C=C(Cn1ccnc1C(C)C)[B-](F)(F)F.[K+]. The van der Waals surface area contributed by atoms with Gasteiger partial charge < -0.3 is 17.5 Å². The number of rotatable bonds is 4. The third-order valence-electron chi connectivity index (χ3n) is 2.10. The minimum absolute atomic E-state index is 0. The molecule has 0 aliphatic heterocycles. The number of hydrogen-bond donors (Lipinski definition) is 0. The van der Waals surface area contributed by atoms with Gasteiger partial charge in [0.2, 0.25) is 0 Å². The molecule has 0 fully saturated rings. The number of halogens is 3. The Balaban J connectivity index is 0.00000225. The summed E-state index contributed by atoms with van der Waals surface area (Å²) < 4.78 is 38.4. The molecule has 0 aliphatic carbocycles. The van der Waals surface area contributed by atoms with Crippen molar-refractivity contribution >= 4 is 6.98 Å². The van der Waals surface area contributed by atoms with E-state index in [4.69, 9.17) is 0 Å². The summed E-state index contributed by atoms with van der Waals surface area (Å²) in [5, 5.41) is 0. The Labute approximate surface area is 136 Å². The normalized spacial score (nSPS) is 11.4. The van der Waals surface area contributed by atoms with Gasteiger partial charge in [-0.1, -0.05) is 13.8 Å². The van der Waals surface area contributed by atoms with Gasteiger partial charge in [0.1, 0.15) is 5.82 Å². The van der Waals surface area contributed by atoms with E-state index in [-0.39, 0.29) is 63.8 Å². The molecule has 1 heterocycles. The summed E-state index contributed by atoms with van der Waals surface area (Å²) in [6.45, 7) is 1.65. The van der Waals surface area contributed by atoms with Gasteiger partial charge >= 0.3 is 58.4 Å². The van der Waals surface area contributed by atoms with E-state index in [1.807, 2.05) is 13.8 Å². The second-order valence-electron chi connectivity index (χ2n) is 3.80. The molecule has 7 heteroatoms. The molecular weight excluding hydrogens is 243 g/mol. The first-order valence-electron chi connectivity index (χ1n) is 4.71. The first-order valence-corrected chi connectivity index (χ1v) is 4.71. The van der Waals surface area contributed by atoms with Gasteiger partial charge in [0, 0.05) is 24.9 Å². The Morgan fingerprint density at radius 2 is 2.06 bits per heavy atom. The van der Waals surface area contributed by atoms with Crippen LogP contribution >= 0.6 is 0 Å². The summed E-state index contributed by atoms with van der Waals surface area (Å²) in [5.74, 6) is 0.754. The van der Waals surface area contributed by atoms with Crippen LogP contribution in [0.15, 0.2) is 24.4 Å². The molecular formula is C9H13BF3KN2. The van der Waals surface area contributed by atoms with Crippen molar-refractivity contribution in [2.75, 3.05) is 0 Å². The first-order chi connectivity index (χ1) is 6.82. The average Bonchev–Trinajstić information content (AvgIpc) is 2.50. The molecule has 0 radical (unpaired) electrons. The van der Waals surface area contributed by atoms with Gasteiger partial charge in [-0.25, -0.2) is 4.98 Å². The van der Waals surface area contributed by atoms with E-state index in [1.54, 1.807) is 6.20 Å². The van der Waals surface area contributed by atoms with Crippen LogP contribution < -0.4 is 51.4 Å². The van der Waals surface area contributed by atoms with Crippen LogP contribution in [0.2, 0.25) is 0 Å². The van der Waals surface area contributed by atoms with E-state index >= 15 is 0 Å². The molecule has 0 unspecified atom stereocenters. The zero-order valence-corrected chi connectivity index (χ0v) is 12.9. The van der Waals surface area contributed by atoms with E-state index in [2.05, 4.69) is 11.6 Å². The van der Waals surface area contributed by atoms with E-state index in [0.29, 0.717) is 5.82 Å². The van der Waals surface area contributed by atoms with Gasteiger partial charge in [-0.15, -0.1) is 12.1 Å². The van der Waals surface area contributed by atoms with Crippen molar-refractivity contribution < 1.29 is 64.3 Å². The molecule has 0 saturated carbocycles. The monoisotopic (exact) mass is 256 g/mol. The molecule has 1 aromatic heterocycles. The summed E-state index contributed by atoms with van der Waals surface area (Å²) in [5.41, 5.74) is -0.699. The fourth-order valence-electron chi connectivity index (χ4n) is 1.28. The average molecular weight is 256 g/mol. The molecule has 1 rings (SSSR count). The number of aromatic nitrogens is 2. The molecule has 16 heavy (non-hydrogen) atoms. The zero-order valence-electron chi connectivity index (χ0n) is 9.75. The van der Waals surface area contributed by atoms with Crippen LogP contribution in [0.25, 0.3) is 0 Å². The maximum atomic E-state index is 12.3. The van der Waals surface area contributed by atoms with E-state index < -0.39 is 12.4 Å². The van der Waals surface area contributed by atoms with Gasteiger partial charge in [-0.05, 0) is 0 Å². The molecule has 0 bridgehead atoms. The molecule has 2 nitrogen and oxygen atoms in total. The van der Waals surface area contributed by atoms with Crippen LogP contribution in [0.3, 0.4) is 0 Å². The predicted octanol–water partition coefficient (Wildman–Crippen LogP) is -0.0467. The molecule has 0 saturated heterocycles. The molecule has 0 aromatic carbocycles. The van der Waals surface area contributed by atoms with Crippen LogP contribution in [0, 0.1) is 0 Å². The summed E-state index contributed by atoms with van der Waals surface area (Å²) in [6.07, 6.45) is 3.05. The van der Waals surface area contributed by atoms with Crippen molar-refractivity contribution in [3.8, 4) is 0 Å². The second kappa shape index (κ2) is 6.39. The van der Waals surface area contributed by atoms with Crippen molar-refractivity contribution in [2.24, 2.45) is 0 Å². The fourth-order valence-corrected chi connectivity index (χ4v) is 1.28. The Hall–Kier alpha value is 0.441. The van der Waals surface area contributed by atoms with Crippen LogP contribution in [0.4, 0.5) is 12.9 Å². The van der Waals surface area contributed by atoms with Crippen molar-refractivity contribution in [1.82, 2.24) is 9.55 Å². The molecule has 0 spiro atoms. The van der Waals surface area contributed by atoms with E-state index in [0.717, 1.165) is 0 Å². The maximum absolute atomic E-state index is 12.3. The maximum Gasteiger partial charge on any atom is 1.00 e. The summed E-state index contributed by atoms with van der Waals surface area (Å²) >= 11 is 0. The van der Waals surface area contributed by atoms with Crippen LogP contribution in [0.1, 0.15) is 25.6 Å². The Morgan fingerprint density at radius 3 is 2.50 bits per heavy atom. The van der Waals surface area contributed by atoms with Crippen LogP contribution in [-0.4, -0.2) is 16.5 Å². The molecule has 1 aromatic rings. The third-order valence-corrected chi connectivity index (χ3v) is 2.10. The van der Waals surface area contributed by atoms with Gasteiger partial charge in [-0.3, -0.25) is 0 Å². The van der Waals surface area contributed by atoms with Crippen molar-refractivity contribution in [3.05, 3.63) is 30.3 Å². The topological polar surface area (TPSA) is 17.8 Å². The van der Waals surface area contributed by atoms with Gasteiger partial charge in [0.15, 0.2) is 0 Å². The molecule has 0 atom stereocenters. The van der Waals surface area contributed by atoms with E-state index in [9.17, 15) is 12.9 Å². The standard InChI is InChI=1S/C9H13BF3N2.K/c1-7(2)9-14-4-5-15(9)6-8(3)10(11,12)13;/h4-5,7H,3,6H2,1-2H3;/q-1;+1. The van der Waals surface area contributed by atoms with Crippen molar-refractivity contribution in [1.29, 1.82) is 0 Å². The third kappa shape index (κ3) is 4.37. The second-order valence-corrected chi connectivity index (χ2v) is 3.80. The Kier molecular flexibility index (Phi) is 6.57. The van der Waals surface area contributed by atoms with Crippen LogP contribution in [0.5, 0.6) is 0 Å². The number of nitrogens with zero attached hydrogens (tertiary/aromatic N) is 2. The fraction of sp³-hybridized carbons (Fsp3) is 0.444. The smallest absolute Gasteiger partial charge is 0.445 e. The van der Waals surface area contributed by atoms with Gasteiger partial charge in [0.25, 0.3) is 0 Å². The quantitative estimate of drug-likeness (QED) is 0.691. The van der Waals surface area contributed by atoms with Gasteiger partial charge in [0.05, 0.1) is 0 Å². The van der Waals surface area contributed by atoms with Crippen LogP contribution in [-0.2, 0) is 6.54 Å². The Morgan fingerprint density at radius 1 is 1.50 bits per heavy atom. The minimum Gasteiger partial charge on any atom is -0.445 e. The summed E-state index contributed by atoms with van der Waals surface area (Å²) in [4.78, 5) is 4.01. The summed E-state index contributed by atoms with van der Waals surface area (Å²) in [6, 6.07) is 0. The molecule has 0 amide bonds. The number of imidazole rings is 1. The van der Waals surface area contributed by atoms with Crippen molar-refractivity contribution in [2.45, 2.75) is 26.3 Å². The van der Waals surface area contributed by atoms with E-state index in [1.165, 1.54) is 10.8 Å². The minimum atomic E-state index is -4.96. The molecule has 0 N–H and O–H groups in total. The number of hydrogen-bond acceptors (Lipinski definition) is 1. The zero-order chi connectivity index (χ0) is 11.6. The first kappa shape index (κ1) is 16.4. The van der Waals surface area contributed by atoms with Gasteiger partial charge in [-0.2, -0.15) is 0 Å². The molecule has 84 valence electrons.